The maximum Gasteiger partial charge on any atom is 0.321 e. The molecule has 2 aromatic heterocycles. The first-order valence-corrected chi connectivity index (χ1v) is 4.97. The maximum absolute atomic E-state index is 11.5. The summed E-state index contributed by atoms with van der Waals surface area (Å²) in [6.45, 7) is 2.08. The lowest BCUT2D eigenvalue weighted by Crippen LogP contribution is -2.28. The molecule has 0 spiro atoms. The molecule has 0 atom stereocenters. The second-order valence-corrected chi connectivity index (χ2v) is 3.40. The van der Waals surface area contributed by atoms with Crippen molar-refractivity contribution in [3.8, 4) is 0 Å². The van der Waals surface area contributed by atoms with E-state index < -0.39 is 6.03 Å². The molecule has 0 radical (unpaired) electrons. The zero-order chi connectivity index (χ0) is 12.3. The SMILES string of the molecule is Cc1nc(NC(=O)NCc2ccon2)nn1C. The number of nitrogens with zero attached hydrogens (tertiary/aromatic N) is 4. The Balaban J connectivity index is 1.85. The molecular formula is C9H12N6O2. The summed E-state index contributed by atoms with van der Waals surface area (Å²) in [5, 5.41) is 12.8. The van der Waals surface area contributed by atoms with Gasteiger partial charge < -0.3 is 9.84 Å². The summed E-state index contributed by atoms with van der Waals surface area (Å²) in [6, 6.07) is 1.28. The fraction of sp³-hybridized carbons (Fsp3) is 0.333. The number of nitrogens with one attached hydrogen (secondary N) is 2. The van der Waals surface area contributed by atoms with E-state index >= 15 is 0 Å². The molecule has 2 N–H and O–H groups in total. The molecule has 17 heavy (non-hydrogen) atoms. The molecule has 0 aromatic carbocycles. The molecule has 2 heterocycles. The Bertz CT molecular complexity index is 484. The van der Waals surface area contributed by atoms with Crippen molar-refractivity contribution in [2.75, 3.05) is 5.32 Å². The van der Waals surface area contributed by atoms with Crippen molar-refractivity contribution in [1.82, 2.24) is 25.2 Å². The molecule has 0 aliphatic carbocycles. The van der Waals surface area contributed by atoms with Crippen LogP contribution in [-0.4, -0.2) is 26.0 Å². The van der Waals surface area contributed by atoms with E-state index in [-0.39, 0.29) is 12.5 Å². The van der Waals surface area contributed by atoms with Gasteiger partial charge in [0.25, 0.3) is 0 Å². The minimum Gasteiger partial charge on any atom is -0.364 e. The average molecular weight is 236 g/mol. The van der Waals surface area contributed by atoms with Gasteiger partial charge in [0.15, 0.2) is 0 Å². The Morgan fingerprint density at radius 3 is 3.00 bits per heavy atom. The van der Waals surface area contributed by atoms with Crippen LogP contribution in [0.2, 0.25) is 0 Å². The molecule has 2 amide bonds. The van der Waals surface area contributed by atoms with Gasteiger partial charge in [0.1, 0.15) is 17.8 Å². The van der Waals surface area contributed by atoms with Crippen LogP contribution in [0.25, 0.3) is 0 Å². The summed E-state index contributed by atoms with van der Waals surface area (Å²) in [4.78, 5) is 15.5. The van der Waals surface area contributed by atoms with Crippen LogP contribution < -0.4 is 10.6 Å². The Kier molecular flexibility index (Phi) is 3.03. The second-order valence-electron chi connectivity index (χ2n) is 3.40. The number of hydrogen-bond acceptors (Lipinski definition) is 5. The summed E-state index contributed by atoms with van der Waals surface area (Å²) < 4.78 is 6.21. The third kappa shape index (κ3) is 2.80. The first kappa shape index (κ1) is 11.1. The first-order chi connectivity index (χ1) is 8.15. The van der Waals surface area contributed by atoms with Crippen LogP contribution in [0.5, 0.6) is 0 Å². The van der Waals surface area contributed by atoms with Crippen molar-refractivity contribution in [3.05, 3.63) is 23.8 Å². The van der Waals surface area contributed by atoms with E-state index in [1.54, 1.807) is 24.7 Å². The third-order valence-corrected chi connectivity index (χ3v) is 2.13. The van der Waals surface area contributed by atoms with Gasteiger partial charge in [0.05, 0.1) is 6.54 Å². The quantitative estimate of drug-likeness (QED) is 0.805. The van der Waals surface area contributed by atoms with Crippen molar-refractivity contribution >= 4 is 12.0 Å². The highest BCUT2D eigenvalue weighted by Gasteiger charge is 2.07. The molecule has 0 bridgehead atoms. The topological polar surface area (TPSA) is 97.9 Å². The molecule has 0 saturated heterocycles. The summed E-state index contributed by atoms with van der Waals surface area (Å²) in [7, 11) is 1.75. The number of aryl methyl sites for hydroxylation is 2. The fourth-order valence-electron chi connectivity index (χ4n) is 1.16. The van der Waals surface area contributed by atoms with E-state index in [4.69, 9.17) is 0 Å². The van der Waals surface area contributed by atoms with E-state index in [1.165, 1.54) is 6.26 Å². The molecule has 2 aromatic rings. The lowest BCUT2D eigenvalue weighted by atomic mass is 10.4. The van der Waals surface area contributed by atoms with Gasteiger partial charge in [-0.3, -0.25) is 10.00 Å². The lowest BCUT2D eigenvalue weighted by Gasteiger charge is -2.01. The smallest absolute Gasteiger partial charge is 0.321 e. The van der Waals surface area contributed by atoms with Crippen LogP contribution in [-0.2, 0) is 13.6 Å². The maximum atomic E-state index is 11.5. The second kappa shape index (κ2) is 4.64. The third-order valence-electron chi connectivity index (χ3n) is 2.13. The number of aromatic nitrogens is 4. The Morgan fingerprint density at radius 2 is 2.41 bits per heavy atom. The van der Waals surface area contributed by atoms with Crippen molar-refractivity contribution < 1.29 is 9.32 Å². The normalized spacial score (nSPS) is 10.2. The van der Waals surface area contributed by atoms with Crippen LogP contribution in [0, 0.1) is 6.92 Å². The molecule has 0 unspecified atom stereocenters. The zero-order valence-corrected chi connectivity index (χ0v) is 9.47. The monoisotopic (exact) mass is 236 g/mol. The number of amides is 2. The summed E-state index contributed by atoms with van der Waals surface area (Å²) in [5.74, 6) is 0.986. The van der Waals surface area contributed by atoms with Gasteiger partial charge in [-0.05, 0) is 6.92 Å². The molecule has 90 valence electrons. The summed E-state index contributed by atoms with van der Waals surface area (Å²) >= 11 is 0. The molecule has 8 nitrogen and oxygen atoms in total. The van der Waals surface area contributed by atoms with Gasteiger partial charge in [-0.25, -0.2) is 4.79 Å². The van der Waals surface area contributed by atoms with Gasteiger partial charge in [0.2, 0.25) is 5.95 Å². The van der Waals surface area contributed by atoms with Crippen molar-refractivity contribution in [2.24, 2.45) is 7.05 Å². The number of rotatable bonds is 3. The minimum atomic E-state index is -0.390. The van der Waals surface area contributed by atoms with Gasteiger partial charge in [-0.2, -0.15) is 4.98 Å². The highest BCUT2D eigenvalue weighted by molar-refractivity contribution is 5.87. The molecule has 0 saturated carbocycles. The average Bonchev–Trinajstić information content (AvgIpc) is 2.87. The standard InChI is InChI=1S/C9H12N6O2/c1-6-11-8(13-15(6)2)12-9(16)10-5-7-3-4-17-14-7/h3-4H,5H2,1-2H3,(H2,10,12,13,16). The van der Waals surface area contributed by atoms with Crippen LogP contribution in [0.3, 0.4) is 0 Å². The molecule has 0 aliphatic rings. The van der Waals surface area contributed by atoms with Gasteiger partial charge in [-0.1, -0.05) is 5.16 Å². The molecular weight excluding hydrogens is 224 g/mol. The fourth-order valence-corrected chi connectivity index (χ4v) is 1.16. The molecule has 8 heteroatoms. The number of carbonyl (C=O) groups excluding carboxylic acids is 1. The number of anilines is 1. The van der Waals surface area contributed by atoms with Crippen LogP contribution in [0.1, 0.15) is 11.5 Å². The molecule has 2 rings (SSSR count). The predicted molar refractivity (Wildman–Crippen MR) is 58.1 cm³/mol. The van der Waals surface area contributed by atoms with E-state index in [0.717, 1.165) is 5.82 Å². The first-order valence-electron chi connectivity index (χ1n) is 4.97. The highest BCUT2D eigenvalue weighted by atomic mass is 16.5. The van der Waals surface area contributed by atoms with Crippen molar-refractivity contribution in [1.29, 1.82) is 0 Å². The van der Waals surface area contributed by atoms with Gasteiger partial charge in [0, 0.05) is 13.1 Å². The molecule has 0 aliphatic heterocycles. The van der Waals surface area contributed by atoms with E-state index in [2.05, 4.69) is 30.4 Å². The Hall–Kier alpha value is -2.38. The zero-order valence-electron chi connectivity index (χ0n) is 9.47. The van der Waals surface area contributed by atoms with Crippen LogP contribution >= 0.6 is 0 Å². The van der Waals surface area contributed by atoms with Crippen molar-refractivity contribution in [3.63, 3.8) is 0 Å². The Labute approximate surface area is 97.0 Å². The Morgan fingerprint density at radius 1 is 1.59 bits per heavy atom. The van der Waals surface area contributed by atoms with Crippen molar-refractivity contribution in [2.45, 2.75) is 13.5 Å². The molecule has 0 fully saturated rings. The summed E-state index contributed by atoms with van der Waals surface area (Å²) in [6.07, 6.45) is 1.44. The predicted octanol–water partition coefficient (Wildman–Crippen LogP) is 0.433. The highest BCUT2D eigenvalue weighted by Crippen LogP contribution is 2.00. The number of urea groups is 1. The van der Waals surface area contributed by atoms with Crippen LogP contribution in [0.15, 0.2) is 16.9 Å². The van der Waals surface area contributed by atoms with E-state index in [0.29, 0.717) is 5.69 Å². The minimum absolute atomic E-state index is 0.266. The number of hydrogen-bond donors (Lipinski definition) is 2. The van der Waals surface area contributed by atoms with Gasteiger partial charge >= 0.3 is 6.03 Å². The largest absolute Gasteiger partial charge is 0.364 e. The van der Waals surface area contributed by atoms with Gasteiger partial charge in [-0.15, -0.1) is 5.10 Å². The van der Waals surface area contributed by atoms with E-state index in [1.807, 2.05) is 0 Å². The number of carbonyl (C=O) groups is 1. The summed E-state index contributed by atoms with van der Waals surface area (Å²) in [5.41, 5.74) is 0.644. The lowest BCUT2D eigenvalue weighted by molar-refractivity contribution is 0.251. The van der Waals surface area contributed by atoms with Crippen LogP contribution in [0.4, 0.5) is 10.7 Å². The van der Waals surface area contributed by atoms with E-state index in [9.17, 15) is 4.79 Å².